The van der Waals surface area contributed by atoms with Crippen molar-refractivity contribution in [2.75, 3.05) is 18.1 Å². The lowest BCUT2D eigenvalue weighted by molar-refractivity contribution is 0.268. The molecular weight excluding hydrogens is 190 g/mol. The summed E-state index contributed by atoms with van der Waals surface area (Å²) in [6.07, 6.45) is 7.14. The monoisotopic (exact) mass is 215 g/mol. The molecule has 1 aliphatic rings. The van der Waals surface area contributed by atoms with Crippen LogP contribution in [0.2, 0.25) is 0 Å². The smallest absolute Gasteiger partial charge is 0.0160 e. The van der Waals surface area contributed by atoms with Crippen molar-refractivity contribution in [2.45, 2.75) is 52.0 Å². The van der Waals surface area contributed by atoms with Gasteiger partial charge in [0.15, 0.2) is 0 Å². The van der Waals surface area contributed by atoms with Gasteiger partial charge in [0, 0.05) is 11.8 Å². The largest absolute Gasteiger partial charge is 0.313 e. The third-order valence-corrected chi connectivity index (χ3v) is 4.10. The molecule has 1 rings (SSSR count). The summed E-state index contributed by atoms with van der Waals surface area (Å²) >= 11 is 2.08. The molecular formula is C12H25NS. The molecule has 0 amide bonds. The molecule has 0 aromatic heterocycles. The van der Waals surface area contributed by atoms with E-state index < -0.39 is 0 Å². The van der Waals surface area contributed by atoms with Gasteiger partial charge < -0.3 is 5.32 Å². The molecule has 14 heavy (non-hydrogen) atoms. The van der Waals surface area contributed by atoms with E-state index in [9.17, 15) is 0 Å². The molecule has 2 heteroatoms. The van der Waals surface area contributed by atoms with E-state index >= 15 is 0 Å². The normalized spacial score (nSPS) is 19.3. The van der Waals surface area contributed by atoms with E-state index in [-0.39, 0.29) is 0 Å². The SMILES string of the molecule is CCCNC(CSCC)CC1CCC1. The van der Waals surface area contributed by atoms with E-state index in [0.29, 0.717) is 0 Å². The number of nitrogens with one attached hydrogen (secondary N) is 1. The van der Waals surface area contributed by atoms with Crippen molar-refractivity contribution in [3.05, 3.63) is 0 Å². The molecule has 0 aromatic rings. The Morgan fingerprint density at radius 2 is 2.14 bits per heavy atom. The van der Waals surface area contributed by atoms with Gasteiger partial charge in [-0.25, -0.2) is 0 Å². The Kier molecular flexibility index (Phi) is 6.70. The van der Waals surface area contributed by atoms with Crippen LogP contribution in [-0.4, -0.2) is 24.1 Å². The maximum atomic E-state index is 3.68. The molecule has 1 N–H and O–H groups in total. The zero-order valence-corrected chi connectivity index (χ0v) is 10.5. The highest BCUT2D eigenvalue weighted by Crippen LogP contribution is 2.31. The van der Waals surface area contributed by atoms with E-state index in [1.165, 1.54) is 50.2 Å². The summed E-state index contributed by atoms with van der Waals surface area (Å²) < 4.78 is 0. The minimum absolute atomic E-state index is 0.783. The molecule has 1 atom stereocenters. The highest BCUT2D eigenvalue weighted by atomic mass is 32.2. The van der Waals surface area contributed by atoms with Crippen LogP contribution in [0.5, 0.6) is 0 Å². The zero-order chi connectivity index (χ0) is 10.2. The van der Waals surface area contributed by atoms with Crippen molar-refractivity contribution in [1.29, 1.82) is 0 Å². The van der Waals surface area contributed by atoms with E-state index in [2.05, 4.69) is 30.9 Å². The Morgan fingerprint density at radius 3 is 2.64 bits per heavy atom. The summed E-state index contributed by atoms with van der Waals surface area (Å²) in [6.45, 7) is 5.70. The highest BCUT2D eigenvalue weighted by molar-refractivity contribution is 7.99. The van der Waals surface area contributed by atoms with Gasteiger partial charge in [-0.1, -0.05) is 33.1 Å². The third kappa shape index (κ3) is 4.70. The fourth-order valence-electron chi connectivity index (χ4n) is 1.95. The van der Waals surface area contributed by atoms with E-state index in [0.717, 1.165) is 12.0 Å². The lowest BCUT2D eigenvalue weighted by Crippen LogP contribution is -2.35. The van der Waals surface area contributed by atoms with Gasteiger partial charge in [0.2, 0.25) is 0 Å². The zero-order valence-electron chi connectivity index (χ0n) is 9.72. The Labute approximate surface area is 93.4 Å². The van der Waals surface area contributed by atoms with Gasteiger partial charge in [-0.15, -0.1) is 0 Å². The summed E-state index contributed by atoms with van der Waals surface area (Å²) in [5.74, 6) is 3.61. The third-order valence-electron chi connectivity index (χ3n) is 3.05. The van der Waals surface area contributed by atoms with Crippen molar-refractivity contribution < 1.29 is 0 Å². The Morgan fingerprint density at radius 1 is 1.36 bits per heavy atom. The number of hydrogen-bond acceptors (Lipinski definition) is 2. The molecule has 0 aromatic carbocycles. The fourth-order valence-corrected chi connectivity index (χ4v) is 2.72. The van der Waals surface area contributed by atoms with Crippen molar-refractivity contribution in [3.8, 4) is 0 Å². The second-order valence-electron chi connectivity index (χ2n) is 4.34. The average Bonchev–Trinajstić information content (AvgIpc) is 2.14. The van der Waals surface area contributed by atoms with E-state index in [4.69, 9.17) is 0 Å². The summed E-state index contributed by atoms with van der Waals surface area (Å²) in [7, 11) is 0. The second-order valence-corrected chi connectivity index (χ2v) is 5.66. The van der Waals surface area contributed by atoms with Gasteiger partial charge in [0.05, 0.1) is 0 Å². The van der Waals surface area contributed by atoms with Crippen LogP contribution in [-0.2, 0) is 0 Å². The molecule has 1 nitrogen and oxygen atoms in total. The molecule has 0 spiro atoms. The Balaban J connectivity index is 2.12. The minimum atomic E-state index is 0.783. The van der Waals surface area contributed by atoms with Gasteiger partial charge in [-0.3, -0.25) is 0 Å². The Bertz CT molecular complexity index is 126. The topological polar surface area (TPSA) is 12.0 Å². The maximum absolute atomic E-state index is 3.68. The van der Waals surface area contributed by atoms with E-state index in [1.54, 1.807) is 0 Å². The molecule has 0 bridgehead atoms. The maximum Gasteiger partial charge on any atom is 0.0160 e. The molecule has 1 aliphatic carbocycles. The van der Waals surface area contributed by atoms with Crippen LogP contribution in [0.3, 0.4) is 0 Å². The van der Waals surface area contributed by atoms with Crippen molar-refractivity contribution in [2.24, 2.45) is 5.92 Å². The number of hydrogen-bond donors (Lipinski definition) is 1. The first-order valence-electron chi connectivity index (χ1n) is 6.18. The van der Waals surface area contributed by atoms with E-state index in [1.807, 2.05) is 0 Å². The molecule has 0 heterocycles. The van der Waals surface area contributed by atoms with Crippen LogP contribution in [0.15, 0.2) is 0 Å². The van der Waals surface area contributed by atoms with Gasteiger partial charge in [-0.2, -0.15) is 11.8 Å². The van der Waals surface area contributed by atoms with Gasteiger partial charge in [-0.05, 0) is 31.1 Å². The number of rotatable bonds is 8. The van der Waals surface area contributed by atoms with Gasteiger partial charge in [0.1, 0.15) is 0 Å². The molecule has 84 valence electrons. The van der Waals surface area contributed by atoms with Crippen molar-refractivity contribution in [1.82, 2.24) is 5.32 Å². The molecule has 1 unspecified atom stereocenters. The summed E-state index contributed by atoms with van der Waals surface area (Å²) in [5.41, 5.74) is 0. The summed E-state index contributed by atoms with van der Waals surface area (Å²) in [5, 5.41) is 3.68. The predicted octanol–water partition coefficient (Wildman–Crippen LogP) is 3.30. The lowest BCUT2D eigenvalue weighted by atomic mass is 9.81. The van der Waals surface area contributed by atoms with Crippen molar-refractivity contribution >= 4 is 11.8 Å². The predicted molar refractivity (Wildman–Crippen MR) is 67.0 cm³/mol. The first-order valence-corrected chi connectivity index (χ1v) is 7.33. The van der Waals surface area contributed by atoms with Gasteiger partial charge >= 0.3 is 0 Å². The summed E-state index contributed by atoms with van der Waals surface area (Å²) in [4.78, 5) is 0. The average molecular weight is 215 g/mol. The molecule has 0 radical (unpaired) electrons. The molecule has 1 fully saturated rings. The molecule has 1 saturated carbocycles. The van der Waals surface area contributed by atoms with Crippen molar-refractivity contribution in [3.63, 3.8) is 0 Å². The fraction of sp³-hybridized carbons (Fsp3) is 1.00. The van der Waals surface area contributed by atoms with Crippen LogP contribution in [0.4, 0.5) is 0 Å². The highest BCUT2D eigenvalue weighted by Gasteiger charge is 2.21. The minimum Gasteiger partial charge on any atom is -0.313 e. The molecule has 0 saturated heterocycles. The standard InChI is InChI=1S/C12H25NS/c1-3-8-13-12(10-14-4-2)9-11-6-5-7-11/h11-13H,3-10H2,1-2H3. The first-order chi connectivity index (χ1) is 6.86. The van der Waals surface area contributed by atoms with Crippen LogP contribution in [0.25, 0.3) is 0 Å². The molecule has 0 aliphatic heterocycles. The lowest BCUT2D eigenvalue weighted by Gasteiger charge is -2.30. The van der Waals surface area contributed by atoms with Gasteiger partial charge in [0.25, 0.3) is 0 Å². The summed E-state index contributed by atoms with van der Waals surface area (Å²) in [6, 6.07) is 0.783. The van der Waals surface area contributed by atoms with Crippen LogP contribution < -0.4 is 5.32 Å². The van der Waals surface area contributed by atoms with Crippen LogP contribution in [0.1, 0.15) is 46.0 Å². The van der Waals surface area contributed by atoms with Crippen LogP contribution in [0, 0.1) is 5.92 Å². The van der Waals surface area contributed by atoms with Crippen LogP contribution >= 0.6 is 11.8 Å². The Hall–Kier alpha value is 0.310. The second kappa shape index (κ2) is 7.58. The first kappa shape index (κ1) is 12.4. The quantitative estimate of drug-likeness (QED) is 0.667. The number of thioether (sulfide) groups is 1.